The van der Waals surface area contributed by atoms with Crippen LogP contribution >= 0.6 is 0 Å². The van der Waals surface area contributed by atoms with Crippen LogP contribution in [-0.2, 0) is 14.8 Å². The number of anilines is 1. The molecule has 1 rings (SSSR count). The van der Waals surface area contributed by atoms with Gasteiger partial charge in [-0.2, -0.15) is 5.26 Å². The van der Waals surface area contributed by atoms with Crippen LogP contribution in [0.25, 0.3) is 0 Å². The first-order valence-electron chi connectivity index (χ1n) is 6.01. The molecule has 1 amide bonds. The van der Waals surface area contributed by atoms with E-state index >= 15 is 0 Å². The summed E-state index contributed by atoms with van der Waals surface area (Å²) in [5.41, 5.74) is -0.314. The van der Waals surface area contributed by atoms with Gasteiger partial charge in [-0.25, -0.2) is 17.1 Å². The Morgan fingerprint density at radius 3 is 2.50 bits per heavy atom. The number of halogens is 1. The third-order valence-corrected chi connectivity index (χ3v) is 4.30. The molecule has 1 aromatic carbocycles. The number of nitriles is 1. The molecule has 0 saturated heterocycles. The lowest BCUT2D eigenvalue weighted by atomic mass is 10.1. The second-order valence-corrected chi connectivity index (χ2v) is 6.54. The standard InChI is InChI=1S/C13H15FN2O3S/c1-4-20(18,19)16(13(17)9(2)3)12-6-5-11(14)7-10(12)8-15/h5-7,9H,4H2,1-3H3. The average Bonchev–Trinajstić information content (AvgIpc) is 2.40. The highest BCUT2D eigenvalue weighted by Crippen LogP contribution is 2.26. The number of hydrogen-bond acceptors (Lipinski definition) is 4. The maximum absolute atomic E-state index is 13.1. The van der Waals surface area contributed by atoms with Crippen molar-refractivity contribution >= 4 is 21.6 Å². The van der Waals surface area contributed by atoms with E-state index in [0.717, 1.165) is 18.2 Å². The number of amides is 1. The fraction of sp³-hybridized carbons (Fsp3) is 0.385. The fourth-order valence-corrected chi connectivity index (χ4v) is 2.75. The highest BCUT2D eigenvalue weighted by atomic mass is 32.2. The molecule has 1 aromatic rings. The minimum Gasteiger partial charge on any atom is -0.273 e. The predicted octanol–water partition coefficient (Wildman–Crippen LogP) is 2.04. The average molecular weight is 298 g/mol. The molecule has 0 radical (unpaired) electrons. The maximum atomic E-state index is 13.1. The van der Waals surface area contributed by atoms with E-state index in [9.17, 15) is 17.6 Å². The number of sulfonamides is 1. The molecule has 0 heterocycles. The molecule has 5 nitrogen and oxygen atoms in total. The van der Waals surface area contributed by atoms with Gasteiger partial charge in [-0.05, 0) is 25.1 Å². The Hall–Kier alpha value is -1.94. The minimum atomic E-state index is -3.89. The zero-order chi connectivity index (χ0) is 15.5. The number of hydrogen-bond donors (Lipinski definition) is 0. The van der Waals surface area contributed by atoms with Crippen molar-refractivity contribution in [2.24, 2.45) is 5.92 Å². The van der Waals surface area contributed by atoms with E-state index in [0.29, 0.717) is 4.31 Å². The molecule has 20 heavy (non-hydrogen) atoms. The number of benzene rings is 1. The third kappa shape index (κ3) is 3.14. The van der Waals surface area contributed by atoms with Crippen molar-refractivity contribution < 1.29 is 17.6 Å². The quantitative estimate of drug-likeness (QED) is 0.852. The molecule has 108 valence electrons. The van der Waals surface area contributed by atoms with E-state index < -0.39 is 27.7 Å². The zero-order valence-corrected chi connectivity index (χ0v) is 12.2. The zero-order valence-electron chi connectivity index (χ0n) is 11.4. The molecule has 0 atom stereocenters. The first-order chi connectivity index (χ1) is 9.24. The second kappa shape index (κ2) is 6.01. The highest BCUT2D eigenvalue weighted by molar-refractivity contribution is 7.93. The van der Waals surface area contributed by atoms with E-state index in [2.05, 4.69) is 0 Å². The fourth-order valence-electron chi connectivity index (χ4n) is 1.54. The van der Waals surface area contributed by atoms with Gasteiger partial charge in [0.05, 0.1) is 17.0 Å². The van der Waals surface area contributed by atoms with Crippen molar-refractivity contribution in [1.29, 1.82) is 5.26 Å². The summed E-state index contributed by atoms with van der Waals surface area (Å²) in [5, 5.41) is 9.00. The van der Waals surface area contributed by atoms with Gasteiger partial charge in [0, 0.05) is 5.92 Å². The van der Waals surface area contributed by atoms with Gasteiger partial charge in [0.2, 0.25) is 15.9 Å². The normalized spacial score (nSPS) is 11.2. The van der Waals surface area contributed by atoms with Crippen molar-refractivity contribution in [1.82, 2.24) is 0 Å². The van der Waals surface area contributed by atoms with Crippen LogP contribution in [0, 0.1) is 23.1 Å². The van der Waals surface area contributed by atoms with Gasteiger partial charge in [-0.15, -0.1) is 0 Å². The first-order valence-corrected chi connectivity index (χ1v) is 7.62. The lowest BCUT2D eigenvalue weighted by molar-refractivity contribution is -0.120. The van der Waals surface area contributed by atoms with Crippen molar-refractivity contribution in [3.8, 4) is 6.07 Å². The van der Waals surface area contributed by atoms with E-state index in [1.165, 1.54) is 6.92 Å². The first kappa shape index (κ1) is 16.1. The molecular weight excluding hydrogens is 283 g/mol. The SMILES string of the molecule is CCS(=O)(=O)N(C(=O)C(C)C)c1ccc(F)cc1C#N. The van der Waals surface area contributed by atoms with E-state index in [1.807, 2.05) is 0 Å². The van der Waals surface area contributed by atoms with Crippen LogP contribution in [0.5, 0.6) is 0 Å². The molecule has 0 bridgehead atoms. The Labute approximate surface area is 117 Å². The third-order valence-electron chi connectivity index (χ3n) is 2.63. The smallest absolute Gasteiger partial charge is 0.243 e. The lowest BCUT2D eigenvalue weighted by Gasteiger charge is -2.24. The maximum Gasteiger partial charge on any atom is 0.243 e. The highest BCUT2D eigenvalue weighted by Gasteiger charge is 2.31. The molecule has 7 heteroatoms. The Balaban J connectivity index is 3.56. The number of carbonyl (C=O) groups is 1. The predicted molar refractivity (Wildman–Crippen MR) is 72.9 cm³/mol. The van der Waals surface area contributed by atoms with Crippen LogP contribution in [0.15, 0.2) is 18.2 Å². The van der Waals surface area contributed by atoms with Crippen molar-refractivity contribution in [2.45, 2.75) is 20.8 Å². The Bertz CT molecular complexity index is 663. The van der Waals surface area contributed by atoms with Crippen molar-refractivity contribution in [3.63, 3.8) is 0 Å². The van der Waals surface area contributed by atoms with Gasteiger partial charge in [0.15, 0.2) is 0 Å². The van der Waals surface area contributed by atoms with Crippen LogP contribution in [0.2, 0.25) is 0 Å². The van der Waals surface area contributed by atoms with Crippen molar-refractivity contribution in [3.05, 3.63) is 29.6 Å². The summed E-state index contributed by atoms with van der Waals surface area (Å²) < 4.78 is 37.9. The molecule has 0 spiro atoms. The Morgan fingerprint density at radius 2 is 2.05 bits per heavy atom. The van der Waals surface area contributed by atoms with Gasteiger partial charge < -0.3 is 0 Å². The molecule has 0 aliphatic rings. The van der Waals surface area contributed by atoms with Gasteiger partial charge >= 0.3 is 0 Å². The monoisotopic (exact) mass is 298 g/mol. The lowest BCUT2D eigenvalue weighted by Crippen LogP contribution is -2.41. The van der Waals surface area contributed by atoms with E-state index in [1.54, 1.807) is 19.9 Å². The second-order valence-electron chi connectivity index (χ2n) is 4.43. The molecular formula is C13H15FN2O3S. The van der Waals surface area contributed by atoms with Crippen molar-refractivity contribution in [2.75, 3.05) is 10.1 Å². The molecule has 0 aliphatic carbocycles. The summed E-state index contributed by atoms with van der Waals surface area (Å²) >= 11 is 0. The van der Waals surface area contributed by atoms with Gasteiger partial charge in [0.25, 0.3) is 0 Å². The summed E-state index contributed by atoms with van der Waals surface area (Å²) in [6.45, 7) is 4.50. The van der Waals surface area contributed by atoms with E-state index in [4.69, 9.17) is 5.26 Å². The molecule has 0 saturated carbocycles. The van der Waals surface area contributed by atoms with E-state index in [-0.39, 0.29) is 17.0 Å². The molecule has 0 unspecified atom stereocenters. The summed E-state index contributed by atoms with van der Waals surface area (Å²) in [4.78, 5) is 12.1. The minimum absolute atomic E-state index is 0.116. The summed E-state index contributed by atoms with van der Waals surface area (Å²) in [6, 6.07) is 4.75. The Kier molecular flexibility index (Phi) is 4.84. The summed E-state index contributed by atoms with van der Waals surface area (Å²) in [6.07, 6.45) is 0. The summed E-state index contributed by atoms with van der Waals surface area (Å²) in [7, 11) is -3.89. The summed E-state index contributed by atoms with van der Waals surface area (Å²) in [5.74, 6) is -2.20. The number of rotatable bonds is 4. The van der Waals surface area contributed by atoms with Crippen LogP contribution in [-0.4, -0.2) is 20.1 Å². The largest absolute Gasteiger partial charge is 0.273 e. The molecule has 0 fully saturated rings. The van der Waals surface area contributed by atoms with Gasteiger partial charge in [-0.3, -0.25) is 4.79 Å². The molecule has 0 N–H and O–H groups in total. The number of carbonyl (C=O) groups excluding carboxylic acids is 1. The number of nitrogens with zero attached hydrogens (tertiary/aromatic N) is 2. The van der Waals surface area contributed by atoms with Gasteiger partial charge in [0.1, 0.15) is 11.9 Å². The van der Waals surface area contributed by atoms with Crippen LogP contribution in [0.3, 0.4) is 0 Å². The van der Waals surface area contributed by atoms with Crippen LogP contribution in [0.4, 0.5) is 10.1 Å². The van der Waals surface area contributed by atoms with Gasteiger partial charge in [-0.1, -0.05) is 13.8 Å². The topological polar surface area (TPSA) is 78.2 Å². The molecule has 0 aromatic heterocycles. The van der Waals surface area contributed by atoms with Crippen LogP contribution < -0.4 is 4.31 Å². The Morgan fingerprint density at radius 1 is 1.45 bits per heavy atom. The van der Waals surface area contributed by atoms with Crippen LogP contribution in [0.1, 0.15) is 26.3 Å². The molecule has 0 aliphatic heterocycles.